The highest BCUT2D eigenvalue weighted by molar-refractivity contribution is 7.92. The molecular formula is C23H31N3O4S. The van der Waals surface area contributed by atoms with Gasteiger partial charge < -0.3 is 15.0 Å². The van der Waals surface area contributed by atoms with Crippen molar-refractivity contribution in [2.24, 2.45) is 0 Å². The minimum Gasteiger partial charge on any atom is -0.378 e. The summed E-state index contributed by atoms with van der Waals surface area (Å²) in [7, 11) is -3.66. The van der Waals surface area contributed by atoms with Crippen molar-refractivity contribution in [2.45, 2.75) is 33.2 Å². The van der Waals surface area contributed by atoms with E-state index in [0.717, 1.165) is 36.2 Å². The smallest absolute Gasteiger partial charge is 0.248 e. The van der Waals surface area contributed by atoms with E-state index in [0.29, 0.717) is 31.0 Å². The molecule has 1 heterocycles. The van der Waals surface area contributed by atoms with Gasteiger partial charge in [-0.3, -0.25) is 9.10 Å². The fourth-order valence-electron chi connectivity index (χ4n) is 3.73. The molecule has 168 valence electrons. The van der Waals surface area contributed by atoms with Crippen LogP contribution in [0, 0.1) is 13.8 Å². The van der Waals surface area contributed by atoms with E-state index in [-0.39, 0.29) is 5.91 Å². The first-order valence-electron chi connectivity index (χ1n) is 10.5. The molecular weight excluding hydrogens is 414 g/mol. The van der Waals surface area contributed by atoms with Gasteiger partial charge in [-0.2, -0.15) is 0 Å². The Morgan fingerprint density at radius 1 is 1.10 bits per heavy atom. The Hall–Kier alpha value is -2.58. The molecule has 7 nitrogen and oxygen atoms in total. The lowest BCUT2D eigenvalue weighted by Crippen LogP contribution is -2.47. The van der Waals surface area contributed by atoms with Crippen LogP contribution in [0.4, 0.5) is 17.1 Å². The average Bonchev–Trinajstić information content (AvgIpc) is 2.74. The number of carbonyl (C=O) groups excluding carboxylic acids is 1. The molecule has 8 heteroatoms. The molecule has 2 aromatic rings. The maximum absolute atomic E-state index is 13.1. The van der Waals surface area contributed by atoms with E-state index in [1.165, 1.54) is 4.31 Å². The summed E-state index contributed by atoms with van der Waals surface area (Å²) in [4.78, 5) is 15.3. The van der Waals surface area contributed by atoms with Crippen molar-refractivity contribution in [1.82, 2.24) is 0 Å². The van der Waals surface area contributed by atoms with Crippen molar-refractivity contribution in [1.29, 1.82) is 0 Å². The van der Waals surface area contributed by atoms with Gasteiger partial charge in [-0.15, -0.1) is 0 Å². The minimum atomic E-state index is -3.66. The van der Waals surface area contributed by atoms with Crippen molar-refractivity contribution in [3.8, 4) is 0 Å². The lowest BCUT2D eigenvalue weighted by molar-refractivity contribution is -0.117. The Labute approximate surface area is 185 Å². The summed E-state index contributed by atoms with van der Waals surface area (Å²) in [5, 5.41) is 2.88. The number of sulfonamides is 1. The molecule has 1 amide bonds. The Morgan fingerprint density at radius 3 is 2.29 bits per heavy atom. The van der Waals surface area contributed by atoms with Gasteiger partial charge in [0.05, 0.1) is 25.2 Å². The van der Waals surface area contributed by atoms with Gasteiger partial charge in [0, 0.05) is 24.5 Å². The van der Waals surface area contributed by atoms with Crippen LogP contribution in [0.1, 0.15) is 24.5 Å². The minimum absolute atomic E-state index is 0.345. The first-order valence-corrected chi connectivity index (χ1v) is 12.4. The number of carbonyl (C=O) groups is 1. The molecule has 3 rings (SSSR count). The zero-order valence-corrected chi connectivity index (χ0v) is 19.4. The van der Waals surface area contributed by atoms with E-state index in [4.69, 9.17) is 4.74 Å². The summed E-state index contributed by atoms with van der Waals surface area (Å²) in [6, 6.07) is 12.2. The molecule has 0 aliphatic carbocycles. The fourth-order valence-corrected chi connectivity index (χ4v) is 4.93. The summed E-state index contributed by atoms with van der Waals surface area (Å²) in [5.41, 5.74) is 4.24. The van der Waals surface area contributed by atoms with Gasteiger partial charge in [-0.1, -0.05) is 13.0 Å². The summed E-state index contributed by atoms with van der Waals surface area (Å²) < 4.78 is 31.9. The molecule has 0 unspecified atom stereocenters. The lowest BCUT2D eigenvalue weighted by atomic mass is 10.1. The number of hydrogen-bond donors (Lipinski definition) is 1. The number of amides is 1. The lowest BCUT2D eigenvalue weighted by Gasteiger charge is -2.31. The summed E-state index contributed by atoms with van der Waals surface area (Å²) in [6.07, 6.45) is 1.48. The van der Waals surface area contributed by atoms with Crippen LogP contribution in [0.2, 0.25) is 0 Å². The molecule has 1 N–H and O–H groups in total. The summed E-state index contributed by atoms with van der Waals surface area (Å²) in [5.74, 6) is -0.356. The second-order valence-corrected chi connectivity index (χ2v) is 9.75. The standard InChI is InChI=1S/C23H31N3O4S/c1-5-22(26(31(4,28)29)21-9-6-17(2)18(3)16-21)23(27)24-19-7-10-20(11-8-19)25-12-14-30-15-13-25/h6-11,16,22H,5,12-15H2,1-4H3,(H,24,27)/t22-/m0/s1. The van der Waals surface area contributed by atoms with Crippen LogP contribution in [0.25, 0.3) is 0 Å². The first kappa shape index (κ1) is 23.1. The predicted octanol–water partition coefficient (Wildman–Crippen LogP) is 3.32. The number of rotatable bonds is 7. The maximum Gasteiger partial charge on any atom is 0.248 e. The average molecular weight is 446 g/mol. The Bertz CT molecular complexity index is 1020. The van der Waals surface area contributed by atoms with E-state index in [1.807, 2.05) is 57.2 Å². The van der Waals surface area contributed by atoms with E-state index >= 15 is 0 Å². The molecule has 1 saturated heterocycles. The second-order valence-electron chi connectivity index (χ2n) is 7.89. The molecule has 0 spiro atoms. The molecule has 31 heavy (non-hydrogen) atoms. The zero-order chi connectivity index (χ0) is 22.6. The third kappa shape index (κ3) is 5.57. The second kappa shape index (κ2) is 9.70. The number of benzene rings is 2. The first-order chi connectivity index (χ1) is 14.7. The maximum atomic E-state index is 13.1. The largest absolute Gasteiger partial charge is 0.378 e. The molecule has 0 saturated carbocycles. The number of nitrogens with zero attached hydrogens (tertiary/aromatic N) is 2. The van der Waals surface area contributed by atoms with Crippen molar-refractivity contribution in [3.63, 3.8) is 0 Å². The zero-order valence-electron chi connectivity index (χ0n) is 18.6. The summed E-state index contributed by atoms with van der Waals surface area (Å²) >= 11 is 0. The van der Waals surface area contributed by atoms with Crippen molar-refractivity contribution in [2.75, 3.05) is 47.1 Å². The van der Waals surface area contributed by atoms with Crippen LogP contribution in [0.5, 0.6) is 0 Å². The third-order valence-electron chi connectivity index (χ3n) is 5.59. The van der Waals surface area contributed by atoms with E-state index in [9.17, 15) is 13.2 Å². The van der Waals surface area contributed by atoms with Gasteiger partial charge in [0.15, 0.2) is 0 Å². The number of anilines is 3. The topological polar surface area (TPSA) is 79.0 Å². The Morgan fingerprint density at radius 2 is 1.74 bits per heavy atom. The quantitative estimate of drug-likeness (QED) is 0.707. The number of nitrogens with one attached hydrogen (secondary N) is 1. The predicted molar refractivity (Wildman–Crippen MR) is 125 cm³/mol. The van der Waals surface area contributed by atoms with E-state index in [1.54, 1.807) is 6.07 Å². The number of ether oxygens (including phenoxy) is 1. The molecule has 1 fully saturated rings. The Kier molecular flexibility index (Phi) is 7.23. The highest BCUT2D eigenvalue weighted by Gasteiger charge is 2.31. The van der Waals surface area contributed by atoms with Gasteiger partial charge in [-0.05, 0) is 67.8 Å². The normalized spacial score (nSPS) is 15.4. The number of hydrogen-bond acceptors (Lipinski definition) is 5. The van der Waals surface area contributed by atoms with E-state index in [2.05, 4.69) is 10.2 Å². The third-order valence-corrected chi connectivity index (χ3v) is 6.77. The van der Waals surface area contributed by atoms with Gasteiger partial charge in [0.2, 0.25) is 15.9 Å². The summed E-state index contributed by atoms with van der Waals surface area (Å²) in [6.45, 7) is 8.79. The molecule has 1 atom stereocenters. The van der Waals surface area contributed by atoms with Gasteiger partial charge in [-0.25, -0.2) is 8.42 Å². The van der Waals surface area contributed by atoms with Crippen LogP contribution in [0.3, 0.4) is 0 Å². The Balaban J connectivity index is 1.80. The highest BCUT2D eigenvalue weighted by atomic mass is 32.2. The van der Waals surface area contributed by atoms with Crippen LogP contribution < -0.4 is 14.5 Å². The van der Waals surface area contributed by atoms with Crippen molar-refractivity contribution < 1.29 is 17.9 Å². The highest BCUT2D eigenvalue weighted by Crippen LogP contribution is 2.26. The van der Waals surface area contributed by atoms with Gasteiger partial charge in [0.1, 0.15) is 6.04 Å². The van der Waals surface area contributed by atoms with E-state index < -0.39 is 16.1 Å². The SMILES string of the molecule is CC[C@@H](C(=O)Nc1ccc(N2CCOCC2)cc1)N(c1ccc(C)c(C)c1)S(C)(=O)=O. The number of aryl methyl sites for hydroxylation is 2. The molecule has 0 aromatic heterocycles. The van der Waals surface area contributed by atoms with Crippen LogP contribution in [-0.2, 0) is 19.6 Å². The fraction of sp³-hybridized carbons (Fsp3) is 0.435. The molecule has 1 aliphatic rings. The molecule has 2 aromatic carbocycles. The van der Waals surface area contributed by atoms with Crippen molar-refractivity contribution >= 4 is 33.0 Å². The molecule has 0 radical (unpaired) electrons. The van der Waals surface area contributed by atoms with Crippen LogP contribution in [-0.4, -0.2) is 52.9 Å². The van der Waals surface area contributed by atoms with Gasteiger partial charge >= 0.3 is 0 Å². The monoisotopic (exact) mass is 445 g/mol. The van der Waals surface area contributed by atoms with Crippen LogP contribution in [0.15, 0.2) is 42.5 Å². The van der Waals surface area contributed by atoms with Crippen molar-refractivity contribution in [3.05, 3.63) is 53.6 Å². The molecule has 0 bridgehead atoms. The molecule has 1 aliphatic heterocycles. The van der Waals surface area contributed by atoms with Gasteiger partial charge in [0.25, 0.3) is 0 Å². The van der Waals surface area contributed by atoms with Crippen LogP contribution >= 0.6 is 0 Å². The number of morpholine rings is 1.